The summed E-state index contributed by atoms with van der Waals surface area (Å²) in [6.07, 6.45) is -4.27. The molecule has 1 aliphatic heterocycles. The molecule has 2 atom stereocenters. The van der Waals surface area contributed by atoms with Crippen molar-refractivity contribution < 1.29 is 26.3 Å². The van der Waals surface area contributed by atoms with Gasteiger partial charge in [-0.15, -0.1) is 0 Å². The van der Waals surface area contributed by atoms with Gasteiger partial charge in [0.2, 0.25) is 0 Å². The van der Waals surface area contributed by atoms with Crippen LogP contribution in [0.25, 0.3) is 0 Å². The van der Waals surface area contributed by atoms with Crippen LogP contribution in [0.15, 0.2) is 29.2 Å². The zero-order valence-corrected chi connectivity index (χ0v) is 12.2. The van der Waals surface area contributed by atoms with Crippen molar-refractivity contribution in [2.45, 2.75) is 28.8 Å². The van der Waals surface area contributed by atoms with E-state index in [1.165, 1.54) is 12.1 Å². The smallest absolute Gasteiger partial charge is 0.380 e. The van der Waals surface area contributed by atoms with Crippen LogP contribution < -0.4 is 5.32 Å². The highest BCUT2D eigenvalue weighted by molar-refractivity contribution is 7.92. The Kier molecular flexibility index (Phi) is 4.60. The Balaban J connectivity index is 2.49. The van der Waals surface area contributed by atoms with E-state index >= 15 is 0 Å². The first-order valence-electron chi connectivity index (χ1n) is 6.43. The zero-order chi connectivity index (χ0) is 15.7. The molecule has 1 saturated heterocycles. The van der Waals surface area contributed by atoms with Crippen molar-refractivity contribution in [1.29, 1.82) is 0 Å². The molecule has 2 rings (SSSR count). The topological polar surface area (TPSA) is 55.4 Å². The molecule has 21 heavy (non-hydrogen) atoms. The van der Waals surface area contributed by atoms with E-state index in [1.54, 1.807) is 7.05 Å². The SMILES string of the molecule is CNC1CCOCC1S(=O)(=O)c1ccccc1C(F)(F)F. The first kappa shape index (κ1) is 16.3. The summed E-state index contributed by atoms with van der Waals surface area (Å²) in [5.41, 5.74) is -1.13. The minimum atomic E-state index is -4.71. The number of sulfone groups is 1. The van der Waals surface area contributed by atoms with E-state index in [-0.39, 0.29) is 6.61 Å². The fraction of sp³-hybridized carbons (Fsp3) is 0.538. The number of nitrogens with one attached hydrogen (secondary N) is 1. The molecule has 4 nitrogen and oxygen atoms in total. The normalized spacial score (nSPS) is 24.0. The van der Waals surface area contributed by atoms with Gasteiger partial charge in [0, 0.05) is 12.6 Å². The van der Waals surface area contributed by atoms with Crippen LogP contribution in [0.5, 0.6) is 0 Å². The number of ether oxygens (including phenoxy) is 1. The van der Waals surface area contributed by atoms with E-state index < -0.39 is 37.8 Å². The summed E-state index contributed by atoms with van der Waals surface area (Å²) in [4.78, 5) is -0.687. The van der Waals surface area contributed by atoms with E-state index in [4.69, 9.17) is 4.74 Å². The van der Waals surface area contributed by atoms with Crippen molar-refractivity contribution in [2.24, 2.45) is 0 Å². The molecular weight excluding hydrogens is 307 g/mol. The molecular formula is C13H16F3NO3S. The van der Waals surface area contributed by atoms with Gasteiger partial charge in [0.1, 0.15) is 5.25 Å². The van der Waals surface area contributed by atoms with Gasteiger partial charge in [0.15, 0.2) is 9.84 Å². The van der Waals surface area contributed by atoms with Crippen LogP contribution >= 0.6 is 0 Å². The fourth-order valence-electron chi connectivity index (χ4n) is 2.46. The van der Waals surface area contributed by atoms with E-state index in [2.05, 4.69) is 5.32 Å². The molecule has 0 amide bonds. The predicted molar refractivity (Wildman–Crippen MR) is 70.7 cm³/mol. The maximum atomic E-state index is 13.0. The van der Waals surface area contributed by atoms with E-state index in [0.717, 1.165) is 12.1 Å². The molecule has 0 aliphatic carbocycles. The lowest BCUT2D eigenvalue weighted by molar-refractivity contribution is -0.139. The molecule has 1 N–H and O–H groups in total. The summed E-state index contributed by atoms with van der Waals surface area (Å²) in [6, 6.07) is 3.82. The van der Waals surface area contributed by atoms with Gasteiger partial charge in [-0.3, -0.25) is 0 Å². The standard InChI is InChI=1S/C13H16F3NO3S/c1-17-10-6-7-20-8-12(10)21(18,19)11-5-3-2-4-9(11)13(14,15)16/h2-5,10,12,17H,6-8H2,1H3. The minimum Gasteiger partial charge on any atom is -0.380 e. The van der Waals surface area contributed by atoms with Crippen molar-refractivity contribution in [3.05, 3.63) is 29.8 Å². The Morgan fingerprint density at radius 2 is 1.95 bits per heavy atom. The van der Waals surface area contributed by atoms with E-state index in [9.17, 15) is 21.6 Å². The molecule has 0 saturated carbocycles. The molecule has 1 fully saturated rings. The largest absolute Gasteiger partial charge is 0.417 e. The van der Waals surface area contributed by atoms with Crippen LogP contribution in [0.1, 0.15) is 12.0 Å². The second kappa shape index (κ2) is 5.94. The molecule has 1 aromatic carbocycles. The molecule has 1 aromatic rings. The Morgan fingerprint density at radius 1 is 1.29 bits per heavy atom. The molecule has 2 unspecified atom stereocenters. The molecule has 0 spiro atoms. The number of rotatable bonds is 3. The number of halogens is 3. The second-order valence-corrected chi connectivity index (χ2v) is 6.97. The summed E-state index contributed by atoms with van der Waals surface area (Å²) in [6.45, 7) is 0.276. The van der Waals surface area contributed by atoms with Crippen LogP contribution in [0.3, 0.4) is 0 Å². The van der Waals surface area contributed by atoms with Crippen LogP contribution in [0.2, 0.25) is 0 Å². The molecule has 1 aliphatic rings. The molecule has 0 radical (unpaired) electrons. The summed E-state index contributed by atoms with van der Waals surface area (Å²) < 4.78 is 69.4. The van der Waals surface area contributed by atoms with Gasteiger partial charge in [-0.1, -0.05) is 12.1 Å². The monoisotopic (exact) mass is 323 g/mol. The zero-order valence-electron chi connectivity index (χ0n) is 11.4. The molecule has 118 valence electrons. The summed E-state index contributed by atoms with van der Waals surface area (Å²) >= 11 is 0. The van der Waals surface area contributed by atoms with Crippen molar-refractivity contribution >= 4 is 9.84 Å². The van der Waals surface area contributed by atoms with Crippen LogP contribution in [-0.4, -0.2) is 40.0 Å². The Hall–Kier alpha value is -1.12. The van der Waals surface area contributed by atoms with E-state index in [1.807, 2.05) is 0 Å². The highest BCUT2D eigenvalue weighted by Crippen LogP contribution is 2.36. The van der Waals surface area contributed by atoms with Crippen molar-refractivity contribution in [2.75, 3.05) is 20.3 Å². The molecule has 0 bridgehead atoms. The highest BCUT2D eigenvalue weighted by Gasteiger charge is 2.42. The Labute approximate surface area is 121 Å². The maximum Gasteiger partial charge on any atom is 0.417 e. The average molecular weight is 323 g/mol. The predicted octanol–water partition coefficient (Wildman–Crippen LogP) is 1.86. The van der Waals surface area contributed by atoms with E-state index in [0.29, 0.717) is 13.0 Å². The molecule has 1 heterocycles. The van der Waals surface area contributed by atoms with Crippen LogP contribution in [0.4, 0.5) is 13.2 Å². The fourth-order valence-corrected chi connectivity index (χ4v) is 4.52. The van der Waals surface area contributed by atoms with Gasteiger partial charge < -0.3 is 10.1 Å². The van der Waals surface area contributed by atoms with Gasteiger partial charge in [-0.2, -0.15) is 13.2 Å². The third kappa shape index (κ3) is 3.22. The lowest BCUT2D eigenvalue weighted by Crippen LogP contribution is -2.49. The third-order valence-electron chi connectivity index (χ3n) is 3.57. The van der Waals surface area contributed by atoms with Gasteiger partial charge in [-0.05, 0) is 25.6 Å². The first-order valence-corrected chi connectivity index (χ1v) is 7.98. The summed E-state index contributed by atoms with van der Waals surface area (Å²) in [7, 11) is -2.55. The lowest BCUT2D eigenvalue weighted by Gasteiger charge is -2.31. The maximum absolute atomic E-state index is 13.0. The van der Waals surface area contributed by atoms with Crippen LogP contribution in [-0.2, 0) is 20.8 Å². The van der Waals surface area contributed by atoms with Crippen molar-refractivity contribution in [1.82, 2.24) is 5.32 Å². The first-order chi connectivity index (χ1) is 9.78. The second-order valence-electron chi connectivity index (χ2n) is 4.84. The minimum absolute atomic E-state index is 0.111. The number of alkyl halides is 3. The van der Waals surface area contributed by atoms with Gasteiger partial charge in [-0.25, -0.2) is 8.42 Å². The number of hydrogen-bond donors (Lipinski definition) is 1. The summed E-state index contributed by atoms with van der Waals surface area (Å²) in [5, 5.41) is 1.82. The van der Waals surface area contributed by atoms with Gasteiger partial charge in [0.25, 0.3) is 0 Å². The summed E-state index contributed by atoms with van der Waals surface area (Å²) in [5.74, 6) is 0. The number of benzene rings is 1. The Bertz CT molecular complexity index is 601. The third-order valence-corrected chi connectivity index (χ3v) is 5.80. The highest BCUT2D eigenvalue weighted by atomic mass is 32.2. The van der Waals surface area contributed by atoms with Crippen LogP contribution in [0, 0.1) is 0 Å². The van der Waals surface area contributed by atoms with Crippen molar-refractivity contribution in [3.8, 4) is 0 Å². The van der Waals surface area contributed by atoms with Gasteiger partial charge >= 0.3 is 6.18 Å². The van der Waals surface area contributed by atoms with Crippen molar-refractivity contribution in [3.63, 3.8) is 0 Å². The number of hydrogen-bond acceptors (Lipinski definition) is 4. The quantitative estimate of drug-likeness (QED) is 0.922. The lowest BCUT2D eigenvalue weighted by atomic mass is 10.1. The molecule has 0 aromatic heterocycles. The van der Waals surface area contributed by atoms with Gasteiger partial charge in [0.05, 0.1) is 17.1 Å². The molecule has 8 heteroatoms. The average Bonchev–Trinajstić information content (AvgIpc) is 2.46. The Morgan fingerprint density at radius 3 is 2.57 bits per heavy atom.